The second-order valence-electron chi connectivity index (χ2n) is 7.08. The summed E-state index contributed by atoms with van der Waals surface area (Å²) in [6.45, 7) is 4.66. The molecule has 118 valence electrons. The van der Waals surface area contributed by atoms with Crippen LogP contribution in [0.4, 0.5) is 0 Å². The van der Waals surface area contributed by atoms with E-state index in [2.05, 4.69) is 18.8 Å². The van der Waals surface area contributed by atoms with E-state index in [0.717, 1.165) is 10.9 Å². The summed E-state index contributed by atoms with van der Waals surface area (Å²) >= 11 is 0. The standard InChI is InChI=1S/C18H18N2O3/c1-18(2)11-9-20(15(14(11)18)17(22)23)16(21)13-8-7-10-5-3-4-6-12(10)19-13/h3-8,11,14-15H,9H2,1-2H3,(H,22,23)/t11-,14-,15-/m0/s1. The van der Waals surface area contributed by atoms with Gasteiger partial charge in [0, 0.05) is 17.8 Å². The number of likely N-dealkylation sites (tertiary alicyclic amines) is 1. The Kier molecular flexibility index (Phi) is 2.80. The molecule has 1 aromatic heterocycles. The van der Waals surface area contributed by atoms with Crippen LogP contribution < -0.4 is 0 Å². The van der Waals surface area contributed by atoms with Gasteiger partial charge >= 0.3 is 5.97 Å². The normalized spacial score (nSPS) is 27.7. The number of fused-ring (bicyclic) bond motifs is 2. The number of carboxylic acid groups (broad SMARTS) is 1. The van der Waals surface area contributed by atoms with E-state index in [-0.39, 0.29) is 23.2 Å². The Bertz CT molecular complexity index is 830. The van der Waals surface area contributed by atoms with E-state index in [9.17, 15) is 14.7 Å². The number of piperidine rings is 1. The first kappa shape index (κ1) is 14.2. The Morgan fingerprint density at radius 1 is 1.22 bits per heavy atom. The van der Waals surface area contributed by atoms with Crippen LogP contribution in [0, 0.1) is 17.3 Å². The molecule has 1 aromatic carbocycles. The Labute approximate surface area is 133 Å². The van der Waals surface area contributed by atoms with Crippen LogP contribution in [0.25, 0.3) is 10.9 Å². The topological polar surface area (TPSA) is 70.5 Å². The number of nitrogens with zero attached hydrogens (tertiary/aromatic N) is 2. The van der Waals surface area contributed by atoms with Gasteiger partial charge in [0.2, 0.25) is 0 Å². The predicted molar refractivity (Wildman–Crippen MR) is 85.0 cm³/mol. The van der Waals surface area contributed by atoms with Crippen LogP contribution in [0.15, 0.2) is 36.4 Å². The van der Waals surface area contributed by atoms with Crippen molar-refractivity contribution >= 4 is 22.8 Å². The van der Waals surface area contributed by atoms with Crippen molar-refractivity contribution in [2.45, 2.75) is 19.9 Å². The number of carboxylic acids is 1. The lowest BCUT2D eigenvalue weighted by Gasteiger charge is -2.27. The molecule has 2 fully saturated rings. The van der Waals surface area contributed by atoms with Crippen LogP contribution in [-0.4, -0.2) is 39.5 Å². The van der Waals surface area contributed by atoms with E-state index >= 15 is 0 Å². The van der Waals surface area contributed by atoms with Gasteiger partial charge < -0.3 is 10.0 Å². The number of rotatable bonds is 2. The number of para-hydroxylation sites is 1. The highest BCUT2D eigenvalue weighted by Gasteiger charge is 2.69. The molecule has 5 nitrogen and oxygen atoms in total. The van der Waals surface area contributed by atoms with Crippen molar-refractivity contribution in [2.75, 3.05) is 6.54 Å². The molecule has 0 spiro atoms. The van der Waals surface area contributed by atoms with Gasteiger partial charge in [-0.25, -0.2) is 9.78 Å². The Hall–Kier alpha value is -2.43. The van der Waals surface area contributed by atoms with Gasteiger partial charge in [-0.1, -0.05) is 38.1 Å². The van der Waals surface area contributed by atoms with Gasteiger partial charge in [0.25, 0.3) is 5.91 Å². The van der Waals surface area contributed by atoms with Crippen LogP contribution in [0.5, 0.6) is 0 Å². The van der Waals surface area contributed by atoms with Gasteiger partial charge in [-0.05, 0) is 23.5 Å². The number of benzene rings is 1. The minimum atomic E-state index is -0.919. The molecule has 1 aliphatic carbocycles. The van der Waals surface area contributed by atoms with Crippen molar-refractivity contribution < 1.29 is 14.7 Å². The van der Waals surface area contributed by atoms with Gasteiger partial charge in [-0.15, -0.1) is 0 Å². The fourth-order valence-corrected chi connectivity index (χ4v) is 4.11. The van der Waals surface area contributed by atoms with Crippen LogP contribution in [0.1, 0.15) is 24.3 Å². The third-order valence-corrected chi connectivity index (χ3v) is 5.54. The molecular formula is C18H18N2O3. The van der Waals surface area contributed by atoms with E-state index in [1.807, 2.05) is 30.3 Å². The molecule has 2 aromatic rings. The number of aliphatic carboxylic acids is 1. The Balaban J connectivity index is 1.67. The second-order valence-corrected chi connectivity index (χ2v) is 7.08. The van der Waals surface area contributed by atoms with Crippen molar-refractivity contribution in [3.63, 3.8) is 0 Å². The maximum absolute atomic E-state index is 12.8. The molecule has 23 heavy (non-hydrogen) atoms. The van der Waals surface area contributed by atoms with E-state index in [4.69, 9.17) is 0 Å². The smallest absolute Gasteiger partial charge is 0.326 e. The first-order valence-electron chi connectivity index (χ1n) is 7.81. The minimum absolute atomic E-state index is 0.0106. The molecule has 1 saturated heterocycles. The number of carbonyl (C=O) groups excluding carboxylic acids is 1. The summed E-state index contributed by atoms with van der Waals surface area (Å²) in [6.07, 6.45) is 0. The number of carbonyl (C=O) groups is 2. The summed E-state index contributed by atoms with van der Waals surface area (Å²) < 4.78 is 0. The lowest BCUT2D eigenvalue weighted by atomic mass is 10.0. The largest absolute Gasteiger partial charge is 0.480 e. The molecular weight excluding hydrogens is 292 g/mol. The molecule has 1 aliphatic heterocycles. The van der Waals surface area contributed by atoms with E-state index in [1.165, 1.54) is 4.90 Å². The molecule has 1 amide bonds. The fourth-order valence-electron chi connectivity index (χ4n) is 4.11. The average molecular weight is 310 g/mol. The molecule has 2 heterocycles. The van der Waals surface area contributed by atoms with Gasteiger partial charge in [0.05, 0.1) is 5.52 Å². The number of amides is 1. The van der Waals surface area contributed by atoms with Crippen LogP contribution in [0.3, 0.4) is 0 Å². The van der Waals surface area contributed by atoms with Gasteiger partial charge in [-0.2, -0.15) is 0 Å². The second kappa shape index (κ2) is 4.54. The number of pyridine rings is 1. The maximum atomic E-state index is 12.8. The summed E-state index contributed by atoms with van der Waals surface area (Å²) in [4.78, 5) is 30.3. The summed E-state index contributed by atoms with van der Waals surface area (Å²) in [5.41, 5.74) is 1.07. The van der Waals surface area contributed by atoms with Crippen LogP contribution >= 0.6 is 0 Å². The van der Waals surface area contributed by atoms with Gasteiger partial charge in [-0.3, -0.25) is 4.79 Å². The lowest BCUT2D eigenvalue weighted by Crippen LogP contribution is -2.45. The SMILES string of the molecule is CC1(C)[C@@H]2[C@@H](C(=O)O)N(C(=O)c3ccc4ccccc4n3)C[C@@H]21. The molecule has 3 atom stereocenters. The monoisotopic (exact) mass is 310 g/mol. The molecule has 0 radical (unpaired) electrons. The number of hydrogen-bond donors (Lipinski definition) is 1. The number of aromatic nitrogens is 1. The zero-order valence-corrected chi connectivity index (χ0v) is 13.1. The summed E-state index contributed by atoms with van der Waals surface area (Å²) in [5, 5.41) is 10.5. The zero-order valence-electron chi connectivity index (χ0n) is 13.1. The lowest BCUT2D eigenvalue weighted by molar-refractivity contribution is -0.142. The van der Waals surface area contributed by atoms with Crippen molar-refractivity contribution in [1.29, 1.82) is 0 Å². The van der Waals surface area contributed by atoms with E-state index < -0.39 is 12.0 Å². The van der Waals surface area contributed by atoms with Crippen LogP contribution in [0.2, 0.25) is 0 Å². The predicted octanol–water partition coefficient (Wildman–Crippen LogP) is 2.42. The molecule has 1 saturated carbocycles. The van der Waals surface area contributed by atoms with Crippen molar-refractivity contribution in [1.82, 2.24) is 9.88 Å². The molecule has 2 aliphatic rings. The fraction of sp³-hybridized carbons (Fsp3) is 0.389. The molecule has 1 N–H and O–H groups in total. The quantitative estimate of drug-likeness (QED) is 0.925. The van der Waals surface area contributed by atoms with Crippen molar-refractivity contribution in [3.8, 4) is 0 Å². The molecule has 4 rings (SSSR count). The van der Waals surface area contributed by atoms with Gasteiger partial charge in [0.15, 0.2) is 0 Å². The van der Waals surface area contributed by atoms with Crippen molar-refractivity contribution in [2.24, 2.45) is 17.3 Å². The summed E-state index contributed by atoms with van der Waals surface area (Å²) in [7, 11) is 0. The van der Waals surface area contributed by atoms with Crippen molar-refractivity contribution in [3.05, 3.63) is 42.1 Å². The van der Waals surface area contributed by atoms with E-state index in [0.29, 0.717) is 12.2 Å². The summed E-state index contributed by atoms with van der Waals surface area (Å²) in [6, 6.07) is 10.4. The first-order valence-corrected chi connectivity index (χ1v) is 7.81. The highest BCUT2D eigenvalue weighted by Crippen LogP contribution is 2.64. The number of hydrogen-bond acceptors (Lipinski definition) is 3. The minimum Gasteiger partial charge on any atom is -0.480 e. The van der Waals surface area contributed by atoms with E-state index in [1.54, 1.807) is 6.07 Å². The maximum Gasteiger partial charge on any atom is 0.326 e. The van der Waals surface area contributed by atoms with Crippen LogP contribution in [-0.2, 0) is 4.79 Å². The average Bonchev–Trinajstić information content (AvgIpc) is 2.89. The molecule has 0 unspecified atom stereocenters. The molecule has 0 bridgehead atoms. The third-order valence-electron chi connectivity index (χ3n) is 5.54. The van der Waals surface area contributed by atoms with Gasteiger partial charge in [0.1, 0.15) is 11.7 Å². The Morgan fingerprint density at radius 3 is 2.70 bits per heavy atom. The molecule has 5 heteroatoms. The highest BCUT2D eigenvalue weighted by molar-refractivity contribution is 5.97. The third kappa shape index (κ3) is 1.96. The first-order chi connectivity index (χ1) is 10.9. The highest BCUT2D eigenvalue weighted by atomic mass is 16.4. The summed E-state index contributed by atoms with van der Waals surface area (Å²) in [5.74, 6) is -0.888. The Morgan fingerprint density at radius 2 is 1.96 bits per heavy atom. The zero-order chi connectivity index (χ0) is 16.4.